The molecule has 0 aliphatic heterocycles. The zero-order chi connectivity index (χ0) is 28.6. The second-order valence-corrected chi connectivity index (χ2v) is 10.9. The third-order valence-corrected chi connectivity index (χ3v) is 8.21. The summed E-state index contributed by atoms with van der Waals surface area (Å²) in [6, 6.07) is 17.2. The number of carboxylic acid groups (broad SMARTS) is 1. The first-order valence-corrected chi connectivity index (χ1v) is 14.5. The molecule has 0 amide bonds. The Morgan fingerprint density at radius 1 is 1.02 bits per heavy atom. The molecule has 1 aliphatic carbocycles. The first kappa shape index (κ1) is 29.5. The molecular weight excluding hydrogens is 506 g/mol. The summed E-state index contributed by atoms with van der Waals surface area (Å²) in [5.41, 5.74) is 8.25. The predicted octanol–water partition coefficient (Wildman–Crippen LogP) is 9.23. The maximum Gasteiger partial charge on any atom is 0.335 e. The fraction of sp³-hybridized carbons (Fsp3) is 0.400. The smallest absolute Gasteiger partial charge is 0.335 e. The quantitative estimate of drug-likeness (QED) is 0.230. The number of alkyl halides is 1. The fourth-order valence-electron chi connectivity index (χ4n) is 6.03. The van der Waals surface area contributed by atoms with Gasteiger partial charge in [-0.1, -0.05) is 69.0 Å². The molecule has 0 saturated heterocycles. The van der Waals surface area contributed by atoms with Crippen LogP contribution in [0.3, 0.4) is 0 Å². The van der Waals surface area contributed by atoms with Gasteiger partial charge in [-0.25, -0.2) is 9.18 Å². The lowest BCUT2D eigenvalue weighted by Crippen LogP contribution is -2.05. The average molecular weight is 547 g/mol. The van der Waals surface area contributed by atoms with Crippen molar-refractivity contribution >= 4 is 17.1 Å². The Labute approximate surface area is 236 Å². The topological polar surface area (TPSA) is 46.5 Å². The van der Waals surface area contributed by atoms with Gasteiger partial charge in [-0.05, 0) is 102 Å². The molecule has 0 bridgehead atoms. The van der Waals surface area contributed by atoms with Crippen LogP contribution in [-0.2, 0) is 12.8 Å². The van der Waals surface area contributed by atoms with Crippen LogP contribution in [0.1, 0.15) is 95.6 Å². The van der Waals surface area contributed by atoms with Crippen molar-refractivity contribution in [1.29, 1.82) is 0 Å². The number of halogens is 2. The van der Waals surface area contributed by atoms with E-state index in [1.807, 2.05) is 13.0 Å². The summed E-state index contributed by atoms with van der Waals surface area (Å²) >= 11 is 0. The maximum absolute atomic E-state index is 15.0. The number of carboxylic acids is 1. The largest absolute Gasteiger partial charge is 0.493 e. The average Bonchev–Trinajstić information content (AvgIpc) is 3.15. The predicted molar refractivity (Wildman–Crippen MR) is 158 cm³/mol. The molecule has 5 heteroatoms. The van der Waals surface area contributed by atoms with Crippen molar-refractivity contribution in [3.8, 4) is 5.75 Å². The molecule has 40 heavy (non-hydrogen) atoms. The summed E-state index contributed by atoms with van der Waals surface area (Å²) in [6.07, 6.45) is 8.07. The van der Waals surface area contributed by atoms with Gasteiger partial charge in [0.2, 0.25) is 0 Å². The van der Waals surface area contributed by atoms with Crippen molar-refractivity contribution < 1.29 is 23.4 Å². The summed E-state index contributed by atoms with van der Waals surface area (Å²) in [5.74, 6) is -0.533. The number of unbranched alkanes of at least 4 members (excludes halogenated alkanes) is 2. The highest BCUT2D eigenvalue weighted by Crippen LogP contribution is 2.44. The minimum Gasteiger partial charge on any atom is -0.493 e. The highest BCUT2D eigenvalue weighted by atomic mass is 19.1. The minimum atomic E-state index is -0.944. The molecule has 1 atom stereocenters. The Bertz CT molecular complexity index is 1360. The van der Waals surface area contributed by atoms with Gasteiger partial charge in [-0.3, -0.25) is 4.39 Å². The zero-order valence-corrected chi connectivity index (χ0v) is 23.9. The molecule has 0 radical (unpaired) electrons. The molecular formula is C35H40F2O3. The van der Waals surface area contributed by atoms with Crippen LogP contribution in [-0.4, -0.2) is 24.9 Å². The monoisotopic (exact) mass is 546 g/mol. The Morgan fingerprint density at radius 2 is 1.80 bits per heavy atom. The Morgan fingerprint density at radius 3 is 2.48 bits per heavy atom. The Hall–Kier alpha value is -3.47. The lowest BCUT2D eigenvalue weighted by molar-refractivity contribution is 0.0696. The fourth-order valence-corrected chi connectivity index (χ4v) is 6.03. The third-order valence-electron chi connectivity index (χ3n) is 8.21. The molecule has 3 aromatic rings. The second-order valence-electron chi connectivity index (χ2n) is 10.9. The van der Waals surface area contributed by atoms with E-state index in [-0.39, 0.29) is 18.0 Å². The van der Waals surface area contributed by atoms with Gasteiger partial charge in [0.25, 0.3) is 0 Å². The molecule has 0 spiro atoms. The molecule has 0 aromatic heterocycles. The van der Waals surface area contributed by atoms with Crippen LogP contribution in [0, 0.1) is 18.7 Å². The number of benzene rings is 3. The van der Waals surface area contributed by atoms with Crippen molar-refractivity contribution in [3.05, 3.63) is 99.4 Å². The third kappa shape index (κ3) is 6.63. The molecule has 3 nitrogen and oxygen atoms in total. The van der Waals surface area contributed by atoms with Crippen molar-refractivity contribution in [2.24, 2.45) is 5.92 Å². The summed E-state index contributed by atoms with van der Waals surface area (Å²) in [6.45, 7) is 3.95. The number of aryl methyl sites for hydroxylation is 2. The van der Waals surface area contributed by atoms with Gasteiger partial charge < -0.3 is 9.84 Å². The molecule has 0 fully saturated rings. The number of hydrogen-bond donors (Lipinski definition) is 1. The Kier molecular flexibility index (Phi) is 10.1. The van der Waals surface area contributed by atoms with Gasteiger partial charge >= 0.3 is 5.97 Å². The van der Waals surface area contributed by atoms with Crippen molar-refractivity contribution in [2.75, 3.05) is 13.8 Å². The van der Waals surface area contributed by atoms with Crippen LogP contribution >= 0.6 is 0 Å². The molecule has 3 aromatic carbocycles. The number of allylic oxidation sites excluding steroid dienone is 1. The zero-order valence-electron chi connectivity index (χ0n) is 23.9. The van der Waals surface area contributed by atoms with Crippen LogP contribution in [0.4, 0.5) is 8.78 Å². The number of carbonyl (C=O) groups is 1. The molecule has 0 heterocycles. The number of hydrogen-bond acceptors (Lipinski definition) is 2. The van der Waals surface area contributed by atoms with Crippen LogP contribution < -0.4 is 4.74 Å². The number of methoxy groups -OCH3 is 1. The molecule has 1 aliphatic rings. The summed E-state index contributed by atoms with van der Waals surface area (Å²) in [5, 5.41) is 9.62. The highest BCUT2D eigenvalue weighted by Gasteiger charge is 2.25. The van der Waals surface area contributed by atoms with E-state index < -0.39 is 11.8 Å². The number of rotatable bonds is 12. The summed E-state index contributed by atoms with van der Waals surface area (Å²) < 4.78 is 33.0. The van der Waals surface area contributed by atoms with Crippen molar-refractivity contribution in [1.82, 2.24) is 0 Å². The maximum atomic E-state index is 15.0. The van der Waals surface area contributed by atoms with E-state index in [4.69, 9.17) is 4.74 Å². The van der Waals surface area contributed by atoms with Crippen molar-refractivity contribution in [2.45, 2.75) is 71.6 Å². The van der Waals surface area contributed by atoms with Gasteiger partial charge in [-0.15, -0.1) is 0 Å². The first-order valence-electron chi connectivity index (χ1n) is 14.5. The van der Waals surface area contributed by atoms with Crippen LogP contribution in [0.15, 0.2) is 54.6 Å². The van der Waals surface area contributed by atoms with E-state index in [2.05, 4.69) is 31.2 Å². The van der Waals surface area contributed by atoms with E-state index >= 15 is 0 Å². The van der Waals surface area contributed by atoms with E-state index in [1.54, 1.807) is 18.2 Å². The SMILES string of the molecule is CCC(CCCCCF)Cc1ccc(C2=C(c3c(C)ccc(F)c3OC)CCCc3cc(C(=O)O)ccc32)cc1. The second kappa shape index (κ2) is 13.7. The molecule has 4 rings (SSSR count). The van der Waals surface area contributed by atoms with E-state index in [9.17, 15) is 18.7 Å². The minimum absolute atomic E-state index is 0.238. The molecule has 1 unspecified atom stereocenters. The van der Waals surface area contributed by atoms with Crippen molar-refractivity contribution in [3.63, 3.8) is 0 Å². The highest BCUT2D eigenvalue weighted by molar-refractivity contribution is 6.02. The van der Waals surface area contributed by atoms with Gasteiger partial charge in [0.1, 0.15) is 0 Å². The van der Waals surface area contributed by atoms with Gasteiger partial charge in [0, 0.05) is 5.56 Å². The van der Waals surface area contributed by atoms with E-state index in [0.29, 0.717) is 18.8 Å². The first-order chi connectivity index (χ1) is 19.4. The lowest BCUT2D eigenvalue weighted by Gasteiger charge is -2.21. The number of aromatic carboxylic acids is 1. The number of fused-ring (bicyclic) bond motifs is 1. The molecule has 212 valence electrons. The van der Waals surface area contributed by atoms with E-state index in [0.717, 1.165) is 83.9 Å². The van der Waals surface area contributed by atoms with Gasteiger partial charge in [-0.2, -0.15) is 0 Å². The molecule has 0 saturated carbocycles. The summed E-state index contributed by atoms with van der Waals surface area (Å²) in [4.78, 5) is 11.7. The standard InChI is InChI=1S/C35H40F2O3/c1-4-24(9-6-5-7-20-36)21-25-13-15-26(16-14-25)33-29-18-17-28(35(38)39)22-27(29)10-8-11-30(33)32-23(2)12-19-31(37)34(32)40-3/h12-19,22,24H,4-11,20-21H2,1-3H3,(H,38,39). The number of ether oxygens (including phenoxy) is 1. The van der Waals surface area contributed by atoms with Gasteiger partial charge in [0.05, 0.1) is 19.3 Å². The van der Waals surface area contributed by atoms with Crippen LogP contribution in [0.25, 0.3) is 11.1 Å². The molecule has 1 N–H and O–H groups in total. The Balaban J connectivity index is 1.80. The lowest BCUT2D eigenvalue weighted by atomic mass is 9.84. The normalized spacial score (nSPS) is 14.0. The van der Waals surface area contributed by atoms with E-state index in [1.165, 1.54) is 18.7 Å². The summed E-state index contributed by atoms with van der Waals surface area (Å²) in [7, 11) is 1.50. The van der Waals surface area contributed by atoms with Crippen LogP contribution in [0.2, 0.25) is 0 Å². The van der Waals surface area contributed by atoms with Crippen LogP contribution in [0.5, 0.6) is 5.75 Å². The van der Waals surface area contributed by atoms with Gasteiger partial charge in [0.15, 0.2) is 11.6 Å².